The zero-order valence-electron chi connectivity index (χ0n) is 12.2. The molecule has 1 fully saturated rings. The molecule has 1 aromatic heterocycles. The van der Waals surface area contributed by atoms with E-state index in [0.717, 1.165) is 0 Å². The Morgan fingerprint density at radius 3 is 2.95 bits per heavy atom. The minimum absolute atomic E-state index is 0.142. The predicted octanol–water partition coefficient (Wildman–Crippen LogP) is 0.284. The molecule has 0 aliphatic carbocycles. The minimum Gasteiger partial charge on any atom is -0.394 e. The summed E-state index contributed by atoms with van der Waals surface area (Å²) < 4.78 is 32.4. The molecule has 1 saturated heterocycles. The SMILES string of the molecule is CCNc1ccncc1S(=O)(=O)N1CC(C)OC(CO)C1. The Morgan fingerprint density at radius 1 is 1.52 bits per heavy atom. The Bertz CT molecular complexity index is 579. The number of aliphatic hydroxyl groups is 1. The smallest absolute Gasteiger partial charge is 0.246 e. The van der Waals surface area contributed by atoms with Crippen molar-refractivity contribution in [2.45, 2.75) is 31.0 Å². The second kappa shape index (κ2) is 6.69. The molecular formula is C13H21N3O4S. The van der Waals surface area contributed by atoms with E-state index in [1.54, 1.807) is 19.2 Å². The highest BCUT2D eigenvalue weighted by atomic mass is 32.2. The van der Waals surface area contributed by atoms with Crippen LogP contribution in [0.15, 0.2) is 23.4 Å². The van der Waals surface area contributed by atoms with Gasteiger partial charge < -0.3 is 15.2 Å². The van der Waals surface area contributed by atoms with Crippen molar-refractivity contribution in [3.05, 3.63) is 18.5 Å². The van der Waals surface area contributed by atoms with Gasteiger partial charge in [0.05, 0.1) is 24.5 Å². The van der Waals surface area contributed by atoms with Gasteiger partial charge in [-0.2, -0.15) is 4.31 Å². The minimum atomic E-state index is -3.67. The van der Waals surface area contributed by atoms with E-state index < -0.39 is 16.1 Å². The number of sulfonamides is 1. The third-order valence-corrected chi connectivity index (χ3v) is 5.13. The Labute approximate surface area is 125 Å². The van der Waals surface area contributed by atoms with Gasteiger partial charge in [-0.15, -0.1) is 0 Å². The number of pyridine rings is 1. The van der Waals surface area contributed by atoms with E-state index in [1.165, 1.54) is 10.5 Å². The van der Waals surface area contributed by atoms with E-state index in [1.807, 2.05) is 6.92 Å². The number of ether oxygens (including phenoxy) is 1. The van der Waals surface area contributed by atoms with Gasteiger partial charge in [-0.3, -0.25) is 4.98 Å². The van der Waals surface area contributed by atoms with Crippen LogP contribution >= 0.6 is 0 Å². The van der Waals surface area contributed by atoms with Gasteiger partial charge in [0.1, 0.15) is 4.90 Å². The molecular weight excluding hydrogens is 294 g/mol. The lowest BCUT2D eigenvalue weighted by Gasteiger charge is -2.35. The van der Waals surface area contributed by atoms with Gasteiger partial charge in [0.2, 0.25) is 10.0 Å². The lowest BCUT2D eigenvalue weighted by molar-refractivity contribution is -0.0750. The summed E-state index contributed by atoms with van der Waals surface area (Å²) in [5.41, 5.74) is 0.534. The van der Waals surface area contributed by atoms with Gasteiger partial charge in [-0.05, 0) is 19.9 Å². The molecule has 0 aromatic carbocycles. The van der Waals surface area contributed by atoms with E-state index in [4.69, 9.17) is 4.74 Å². The maximum absolute atomic E-state index is 12.8. The highest BCUT2D eigenvalue weighted by Gasteiger charge is 2.34. The van der Waals surface area contributed by atoms with E-state index in [9.17, 15) is 13.5 Å². The standard InChI is InChI=1S/C13H21N3O4S/c1-3-15-12-4-5-14-6-13(12)21(18,19)16-7-10(2)20-11(8-16)9-17/h4-6,10-11,17H,3,7-9H2,1-2H3,(H,14,15). The number of aliphatic hydroxyl groups excluding tert-OH is 1. The number of aromatic nitrogens is 1. The molecule has 1 aromatic rings. The van der Waals surface area contributed by atoms with Gasteiger partial charge in [-0.25, -0.2) is 8.42 Å². The molecule has 2 atom stereocenters. The van der Waals surface area contributed by atoms with Gasteiger partial charge in [-0.1, -0.05) is 0 Å². The van der Waals surface area contributed by atoms with Crippen molar-refractivity contribution in [3.63, 3.8) is 0 Å². The first-order valence-electron chi connectivity index (χ1n) is 6.93. The number of nitrogens with zero attached hydrogens (tertiary/aromatic N) is 2. The number of anilines is 1. The molecule has 0 saturated carbocycles. The van der Waals surface area contributed by atoms with Crippen LogP contribution in [0.5, 0.6) is 0 Å². The first-order chi connectivity index (χ1) is 9.98. The number of hydrogen-bond acceptors (Lipinski definition) is 6. The van der Waals surface area contributed by atoms with Crippen LogP contribution in [0, 0.1) is 0 Å². The number of hydrogen-bond donors (Lipinski definition) is 2. The first kappa shape index (κ1) is 16.2. The summed E-state index contributed by atoms with van der Waals surface area (Å²) in [7, 11) is -3.67. The molecule has 7 nitrogen and oxygen atoms in total. The molecule has 2 N–H and O–H groups in total. The van der Waals surface area contributed by atoms with E-state index in [-0.39, 0.29) is 30.7 Å². The quantitative estimate of drug-likeness (QED) is 0.811. The predicted molar refractivity (Wildman–Crippen MR) is 78.6 cm³/mol. The summed E-state index contributed by atoms with van der Waals surface area (Å²) in [4.78, 5) is 4.07. The van der Waals surface area contributed by atoms with Crippen molar-refractivity contribution in [1.82, 2.24) is 9.29 Å². The molecule has 8 heteroatoms. The third-order valence-electron chi connectivity index (χ3n) is 3.27. The molecule has 2 rings (SSSR count). The van der Waals surface area contributed by atoms with Crippen LogP contribution in [0.1, 0.15) is 13.8 Å². The average Bonchev–Trinajstić information content (AvgIpc) is 2.47. The number of rotatable bonds is 5. The molecule has 118 valence electrons. The molecule has 0 spiro atoms. The van der Waals surface area contributed by atoms with Gasteiger partial charge in [0.25, 0.3) is 0 Å². The van der Waals surface area contributed by atoms with Crippen molar-refractivity contribution in [1.29, 1.82) is 0 Å². The van der Waals surface area contributed by atoms with Crippen molar-refractivity contribution < 1.29 is 18.3 Å². The lowest BCUT2D eigenvalue weighted by Crippen LogP contribution is -2.50. The van der Waals surface area contributed by atoms with Crippen LogP contribution < -0.4 is 5.32 Å². The van der Waals surface area contributed by atoms with Crippen LogP contribution in [0.3, 0.4) is 0 Å². The topological polar surface area (TPSA) is 91.8 Å². The second-order valence-electron chi connectivity index (χ2n) is 4.98. The van der Waals surface area contributed by atoms with Gasteiger partial charge >= 0.3 is 0 Å². The molecule has 2 heterocycles. The normalized spacial score (nSPS) is 24.0. The van der Waals surface area contributed by atoms with Crippen LogP contribution in [-0.4, -0.2) is 61.3 Å². The molecule has 1 aliphatic heterocycles. The van der Waals surface area contributed by atoms with Crippen molar-refractivity contribution in [2.24, 2.45) is 0 Å². The summed E-state index contributed by atoms with van der Waals surface area (Å²) in [5, 5.41) is 12.3. The van der Waals surface area contributed by atoms with Crippen molar-refractivity contribution >= 4 is 15.7 Å². The Balaban J connectivity index is 2.33. The molecule has 1 aliphatic rings. The molecule has 21 heavy (non-hydrogen) atoms. The maximum atomic E-state index is 12.8. The zero-order chi connectivity index (χ0) is 15.5. The van der Waals surface area contributed by atoms with Crippen LogP contribution in [-0.2, 0) is 14.8 Å². The fourth-order valence-electron chi connectivity index (χ4n) is 2.36. The largest absolute Gasteiger partial charge is 0.394 e. The molecule has 0 radical (unpaired) electrons. The third kappa shape index (κ3) is 3.52. The zero-order valence-corrected chi connectivity index (χ0v) is 13.0. The summed E-state index contributed by atoms with van der Waals surface area (Å²) in [5.74, 6) is 0. The highest BCUT2D eigenvalue weighted by Crippen LogP contribution is 2.26. The summed E-state index contributed by atoms with van der Waals surface area (Å²) in [6, 6.07) is 1.64. The highest BCUT2D eigenvalue weighted by molar-refractivity contribution is 7.89. The van der Waals surface area contributed by atoms with Crippen LogP contribution in [0.25, 0.3) is 0 Å². The van der Waals surface area contributed by atoms with Gasteiger partial charge in [0.15, 0.2) is 0 Å². The Morgan fingerprint density at radius 2 is 2.29 bits per heavy atom. The van der Waals surface area contributed by atoms with Crippen molar-refractivity contribution in [2.75, 3.05) is 31.6 Å². The fourth-order valence-corrected chi connectivity index (χ4v) is 4.02. The maximum Gasteiger partial charge on any atom is 0.246 e. The van der Waals surface area contributed by atoms with Gasteiger partial charge in [0, 0.05) is 32.0 Å². The molecule has 0 amide bonds. The number of morpholine rings is 1. The second-order valence-corrected chi connectivity index (χ2v) is 6.88. The van der Waals surface area contributed by atoms with Crippen LogP contribution in [0.2, 0.25) is 0 Å². The average molecular weight is 315 g/mol. The lowest BCUT2D eigenvalue weighted by atomic mass is 10.2. The van der Waals surface area contributed by atoms with E-state index in [0.29, 0.717) is 12.2 Å². The number of nitrogens with one attached hydrogen (secondary N) is 1. The van der Waals surface area contributed by atoms with E-state index >= 15 is 0 Å². The first-order valence-corrected chi connectivity index (χ1v) is 8.37. The Kier molecular flexibility index (Phi) is 5.15. The Hall–Kier alpha value is -1.22. The molecule has 2 unspecified atom stereocenters. The van der Waals surface area contributed by atoms with Crippen LogP contribution in [0.4, 0.5) is 5.69 Å². The van der Waals surface area contributed by atoms with E-state index in [2.05, 4.69) is 10.3 Å². The summed E-state index contributed by atoms with van der Waals surface area (Å²) >= 11 is 0. The van der Waals surface area contributed by atoms with Crippen molar-refractivity contribution in [3.8, 4) is 0 Å². The molecule has 0 bridgehead atoms. The monoisotopic (exact) mass is 315 g/mol. The summed E-state index contributed by atoms with van der Waals surface area (Å²) in [6.45, 7) is 4.51. The summed E-state index contributed by atoms with van der Waals surface area (Å²) in [6.07, 6.45) is 2.14. The fraction of sp³-hybridized carbons (Fsp3) is 0.615.